The minimum Gasteiger partial charge on any atom is -0.480 e. The third-order valence-electron chi connectivity index (χ3n) is 5.02. The van der Waals surface area contributed by atoms with E-state index in [0.29, 0.717) is 19.4 Å². The highest BCUT2D eigenvalue weighted by Gasteiger charge is 2.39. The summed E-state index contributed by atoms with van der Waals surface area (Å²) in [7, 11) is 0. The van der Waals surface area contributed by atoms with Crippen LogP contribution in [0, 0.1) is 0 Å². The van der Waals surface area contributed by atoms with Crippen molar-refractivity contribution in [1.82, 2.24) is 10.2 Å². The lowest BCUT2D eigenvalue weighted by atomic mass is 9.90. The Morgan fingerprint density at radius 1 is 1.08 bits per heavy atom. The molecule has 0 aliphatic heterocycles. The number of rotatable bonds is 7. The second-order valence-electron chi connectivity index (χ2n) is 7.03. The van der Waals surface area contributed by atoms with Gasteiger partial charge < -0.3 is 15.3 Å². The van der Waals surface area contributed by atoms with E-state index in [9.17, 15) is 19.5 Å². The fraction of sp³-hybridized carbons (Fsp3) is 0.550. The van der Waals surface area contributed by atoms with Gasteiger partial charge in [0.15, 0.2) is 0 Å². The standard InChI is InChI=1S/C20H28N2O4/c1-16(23)22(15-17-9-5-4-6-10-17)14-11-18(24)21-20(19(25)26)12-7-2-3-8-13-20/h4-6,9-10H,2-3,7-8,11-15H2,1H3,(H,21,24)(H,25,26). The SMILES string of the molecule is CC(=O)N(CCC(=O)NC1(C(=O)O)CCCCCC1)Cc1ccccc1. The Morgan fingerprint density at radius 3 is 2.23 bits per heavy atom. The zero-order valence-electron chi connectivity index (χ0n) is 15.4. The van der Waals surface area contributed by atoms with Gasteiger partial charge in [-0.15, -0.1) is 0 Å². The van der Waals surface area contributed by atoms with E-state index in [0.717, 1.165) is 31.2 Å². The lowest BCUT2D eigenvalue weighted by Gasteiger charge is -2.30. The molecule has 0 bridgehead atoms. The molecule has 0 spiro atoms. The molecule has 1 fully saturated rings. The summed E-state index contributed by atoms with van der Waals surface area (Å²) in [6.07, 6.45) is 4.64. The van der Waals surface area contributed by atoms with Crippen LogP contribution in [0.4, 0.5) is 0 Å². The first-order valence-electron chi connectivity index (χ1n) is 9.27. The number of amides is 2. The van der Waals surface area contributed by atoms with E-state index in [1.165, 1.54) is 6.92 Å². The van der Waals surface area contributed by atoms with Gasteiger partial charge in [-0.2, -0.15) is 0 Å². The summed E-state index contributed by atoms with van der Waals surface area (Å²) in [6, 6.07) is 9.58. The summed E-state index contributed by atoms with van der Waals surface area (Å²) in [5.41, 5.74) is -0.164. The van der Waals surface area contributed by atoms with Crippen LogP contribution in [0.5, 0.6) is 0 Å². The van der Waals surface area contributed by atoms with Crippen molar-refractivity contribution in [2.24, 2.45) is 0 Å². The molecule has 142 valence electrons. The van der Waals surface area contributed by atoms with Gasteiger partial charge in [0.2, 0.25) is 11.8 Å². The number of hydrogen-bond donors (Lipinski definition) is 2. The Morgan fingerprint density at radius 2 is 1.69 bits per heavy atom. The molecule has 26 heavy (non-hydrogen) atoms. The molecular weight excluding hydrogens is 332 g/mol. The number of hydrogen-bond acceptors (Lipinski definition) is 3. The van der Waals surface area contributed by atoms with Crippen LogP contribution < -0.4 is 5.32 Å². The Labute approximate surface area is 154 Å². The molecule has 6 heteroatoms. The van der Waals surface area contributed by atoms with E-state index in [-0.39, 0.29) is 24.8 Å². The Bertz CT molecular complexity index is 622. The maximum atomic E-state index is 12.4. The van der Waals surface area contributed by atoms with Crippen molar-refractivity contribution >= 4 is 17.8 Å². The van der Waals surface area contributed by atoms with Crippen LogP contribution >= 0.6 is 0 Å². The van der Waals surface area contributed by atoms with Gasteiger partial charge in [0, 0.05) is 26.4 Å². The monoisotopic (exact) mass is 360 g/mol. The first-order valence-corrected chi connectivity index (χ1v) is 9.27. The van der Waals surface area contributed by atoms with Crippen LogP contribution in [0.2, 0.25) is 0 Å². The number of carboxylic acid groups (broad SMARTS) is 1. The fourth-order valence-corrected chi connectivity index (χ4v) is 3.44. The molecule has 0 heterocycles. The van der Waals surface area contributed by atoms with Crippen molar-refractivity contribution in [3.63, 3.8) is 0 Å². The summed E-state index contributed by atoms with van der Waals surface area (Å²) < 4.78 is 0. The first-order chi connectivity index (χ1) is 12.4. The molecule has 6 nitrogen and oxygen atoms in total. The number of nitrogens with one attached hydrogen (secondary N) is 1. The van der Waals surface area contributed by atoms with Gasteiger partial charge in [0.1, 0.15) is 5.54 Å². The van der Waals surface area contributed by atoms with Crippen molar-refractivity contribution in [1.29, 1.82) is 0 Å². The summed E-state index contributed by atoms with van der Waals surface area (Å²) in [6.45, 7) is 2.18. The van der Waals surface area contributed by atoms with Gasteiger partial charge in [-0.1, -0.05) is 56.0 Å². The molecule has 2 N–H and O–H groups in total. The molecule has 0 unspecified atom stereocenters. The highest BCUT2D eigenvalue weighted by Crippen LogP contribution is 2.27. The van der Waals surface area contributed by atoms with E-state index < -0.39 is 11.5 Å². The fourth-order valence-electron chi connectivity index (χ4n) is 3.44. The maximum absolute atomic E-state index is 12.4. The van der Waals surface area contributed by atoms with Crippen molar-refractivity contribution in [2.75, 3.05) is 6.54 Å². The molecule has 1 aromatic carbocycles. The molecule has 2 amide bonds. The zero-order valence-corrected chi connectivity index (χ0v) is 15.4. The quantitative estimate of drug-likeness (QED) is 0.732. The highest BCUT2D eigenvalue weighted by atomic mass is 16.4. The number of benzene rings is 1. The van der Waals surface area contributed by atoms with E-state index in [1.807, 2.05) is 30.3 Å². The summed E-state index contributed by atoms with van der Waals surface area (Å²) in [5, 5.41) is 12.4. The molecule has 0 saturated heterocycles. The number of carbonyl (C=O) groups excluding carboxylic acids is 2. The molecule has 1 saturated carbocycles. The topological polar surface area (TPSA) is 86.7 Å². The van der Waals surface area contributed by atoms with E-state index >= 15 is 0 Å². The summed E-state index contributed by atoms with van der Waals surface area (Å²) in [5.74, 6) is -1.38. The molecule has 0 atom stereocenters. The molecular formula is C20H28N2O4. The average molecular weight is 360 g/mol. The minimum atomic E-state index is -1.16. The zero-order chi connectivity index (χ0) is 19.0. The smallest absolute Gasteiger partial charge is 0.329 e. The van der Waals surface area contributed by atoms with Gasteiger partial charge in [-0.25, -0.2) is 4.79 Å². The highest BCUT2D eigenvalue weighted by molar-refractivity contribution is 5.87. The van der Waals surface area contributed by atoms with Crippen molar-refractivity contribution < 1.29 is 19.5 Å². The van der Waals surface area contributed by atoms with Gasteiger partial charge in [-0.3, -0.25) is 9.59 Å². The van der Waals surface area contributed by atoms with Crippen LogP contribution in [0.15, 0.2) is 30.3 Å². The lowest BCUT2D eigenvalue weighted by Crippen LogP contribution is -2.54. The van der Waals surface area contributed by atoms with E-state index in [4.69, 9.17) is 0 Å². The van der Waals surface area contributed by atoms with Crippen molar-refractivity contribution in [2.45, 2.75) is 64.0 Å². The molecule has 0 radical (unpaired) electrons. The third kappa shape index (κ3) is 5.58. The van der Waals surface area contributed by atoms with Crippen LogP contribution in [0.3, 0.4) is 0 Å². The first kappa shape index (κ1) is 19.9. The molecule has 1 aliphatic rings. The van der Waals surface area contributed by atoms with Crippen LogP contribution in [0.25, 0.3) is 0 Å². The van der Waals surface area contributed by atoms with Gasteiger partial charge in [0.25, 0.3) is 0 Å². The Kier molecular flexibility index (Phi) is 7.18. The molecule has 1 aliphatic carbocycles. The number of nitrogens with zero attached hydrogens (tertiary/aromatic N) is 1. The maximum Gasteiger partial charge on any atom is 0.329 e. The average Bonchev–Trinajstić information content (AvgIpc) is 2.85. The Hall–Kier alpha value is -2.37. The second-order valence-corrected chi connectivity index (χ2v) is 7.03. The molecule has 0 aromatic heterocycles. The van der Waals surface area contributed by atoms with Crippen molar-refractivity contribution in [3.8, 4) is 0 Å². The Balaban J connectivity index is 1.94. The van der Waals surface area contributed by atoms with Gasteiger partial charge in [-0.05, 0) is 18.4 Å². The predicted octanol–water partition coefficient (Wildman–Crippen LogP) is 2.72. The summed E-state index contributed by atoms with van der Waals surface area (Å²) in [4.78, 5) is 37.6. The van der Waals surface area contributed by atoms with Crippen LogP contribution in [-0.4, -0.2) is 39.9 Å². The van der Waals surface area contributed by atoms with Gasteiger partial charge in [0.05, 0.1) is 0 Å². The third-order valence-corrected chi connectivity index (χ3v) is 5.02. The van der Waals surface area contributed by atoms with Crippen molar-refractivity contribution in [3.05, 3.63) is 35.9 Å². The van der Waals surface area contributed by atoms with E-state index in [2.05, 4.69) is 5.32 Å². The number of carbonyl (C=O) groups is 3. The van der Waals surface area contributed by atoms with Crippen LogP contribution in [-0.2, 0) is 20.9 Å². The summed E-state index contributed by atoms with van der Waals surface area (Å²) >= 11 is 0. The molecule has 2 rings (SSSR count). The second kappa shape index (κ2) is 9.36. The van der Waals surface area contributed by atoms with E-state index in [1.54, 1.807) is 4.90 Å². The van der Waals surface area contributed by atoms with Crippen LogP contribution in [0.1, 0.15) is 57.4 Å². The van der Waals surface area contributed by atoms with Gasteiger partial charge >= 0.3 is 5.97 Å². The minimum absolute atomic E-state index is 0.0987. The normalized spacial score (nSPS) is 16.3. The number of aliphatic carboxylic acids is 1. The number of carboxylic acids is 1. The molecule has 1 aromatic rings. The lowest BCUT2D eigenvalue weighted by molar-refractivity contribution is -0.148. The predicted molar refractivity (Wildman–Crippen MR) is 98.4 cm³/mol. The largest absolute Gasteiger partial charge is 0.480 e.